The SMILES string of the molecule is C=C/C=C(C)/C=C/C(C)=C/C=C(\C=C)CC. The lowest BCUT2D eigenvalue weighted by molar-refractivity contribution is 1.15. The maximum atomic E-state index is 3.77. The molecule has 16 heavy (non-hydrogen) atoms. The maximum absolute atomic E-state index is 3.77. The minimum absolute atomic E-state index is 1.02. The fourth-order valence-electron chi connectivity index (χ4n) is 1.13. The summed E-state index contributed by atoms with van der Waals surface area (Å²) in [5.74, 6) is 0. The zero-order valence-electron chi connectivity index (χ0n) is 10.7. The van der Waals surface area contributed by atoms with Crippen LogP contribution in [0, 0.1) is 0 Å². The van der Waals surface area contributed by atoms with Crippen LogP contribution in [0.4, 0.5) is 0 Å². The van der Waals surface area contributed by atoms with Gasteiger partial charge in [-0.15, -0.1) is 0 Å². The van der Waals surface area contributed by atoms with E-state index in [1.165, 1.54) is 16.7 Å². The lowest BCUT2D eigenvalue weighted by Crippen LogP contribution is -1.73. The van der Waals surface area contributed by atoms with E-state index in [0.717, 1.165) is 6.42 Å². The van der Waals surface area contributed by atoms with E-state index in [4.69, 9.17) is 0 Å². The largest absolute Gasteiger partial charge is 0.0991 e. The van der Waals surface area contributed by atoms with Gasteiger partial charge in [0.05, 0.1) is 0 Å². The van der Waals surface area contributed by atoms with E-state index in [-0.39, 0.29) is 0 Å². The highest BCUT2D eigenvalue weighted by molar-refractivity contribution is 5.31. The molecular formula is C16H22. The Balaban J connectivity index is 4.57. The average molecular weight is 214 g/mol. The molecule has 0 N–H and O–H groups in total. The predicted molar refractivity (Wildman–Crippen MR) is 75.4 cm³/mol. The molecule has 0 amide bonds. The van der Waals surface area contributed by atoms with Crippen molar-refractivity contribution < 1.29 is 0 Å². The van der Waals surface area contributed by atoms with Gasteiger partial charge in [-0.05, 0) is 25.8 Å². The second-order valence-corrected chi connectivity index (χ2v) is 3.69. The quantitative estimate of drug-likeness (QED) is 0.537. The van der Waals surface area contributed by atoms with Gasteiger partial charge < -0.3 is 0 Å². The van der Waals surface area contributed by atoms with Gasteiger partial charge in [-0.1, -0.05) is 73.8 Å². The monoisotopic (exact) mass is 214 g/mol. The Morgan fingerprint density at radius 1 is 0.938 bits per heavy atom. The summed E-state index contributed by atoms with van der Waals surface area (Å²) in [5, 5.41) is 0. The first-order valence-corrected chi connectivity index (χ1v) is 5.61. The maximum Gasteiger partial charge on any atom is -0.0308 e. The first-order chi connectivity index (χ1) is 7.63. The molecule has 0 aliphatic carbocycles. The van der Waals surface area contributed by atoms with E-state index < -0.39 is 0 Å². The molecule has 0 fully saturated rings. The Hall–Kier alpha value is -1.56. The van der Waals surface area contributed by atoms with Crippen molar-refractivity contribution in [3.8, 4) is 0 Å². The third-order valence-electron chi connectivity index (χ3n) is 2.22. The van der Waals surface area contributed by atoms with Gasteiger partial charge >= 0.3 is 0 Å². The van der Waals surface area contributed by atoms with Crippen LogP contribution in [0.5, 0.6) is 0 Å². The normalized spacial score (nSPS) is 14.3. The second kappa shape index (κ2) is 8.72. The van der Waals surface area contributed by atoms with Gasteiger partial charge in [-0.25, -0.2) is 0 Å². The Kier molecular flexibility index (Phi) is 7.87. The van der Waals surface area contributed by atoms with Crippen LogP contribution in [0.1, 0.15) is 27.2 Å². The van der Waals surface area contributed by atoms with Crippen molar-refractivity contribution >= 4 is 0 Å². The topological polar surface area (TPSA) is 0 Å². The molecule has 0 aliphatic heterocycles. The molecule has 0 aromatic heterocycles. The summed E-state index contributed by atoms with van der Waals surface area (Å²) in [4.78, 5) is 0. The fraction of sp³-hybridized carbons (Fsp3) is 0.250. The molecule has 0 unspecified atom stereocenters. The van der Waals surface area contributed by atoms with E-state index >= 15 is 0 Å². The minimum atomic E-state index is 1.02. The van der Waals surface area contributed by atoms with Crippen LogP contribution in [0.2, 0.25) is 0 Å². The van der Waals surface area contributed by atoms with Crippen molar-refractivity contribution in [2.45, 2.75) is 27.2 Å². The van der Waals surface area contributed by atoms with Crippen molar-refractivity contribution in [1.29, 1.82) is 0 Å². The molecule has 0 rings (SSSR count). The average Bonchev–Trinajstić information content (AvgIpc) is 2.28. The van der Waals surface area contributed by atoms with E-state index in [2.05, 4.69) is 58.2 Å². The molecule has 0 heteroatoms. The Morgan fingerprint density at radius 3 is 1.94 bits per heavy atom. The van der Waals surface area contributed by atoms with E-state index in [0.29, 0.717) is 0 Å². The van der Waals surface area contributed by atoms with E-state index in [1.54, 1.807) is 6.08 Å². The zero-order valence-corrected chi connectivity index (χ0v) is 10.7. The highest BCUT2D eigenvalue weighted by atomic mass is 13.9. The number of rotatable bonds is 6. The molecule has 0 nitrogen and oxygen atoms in total. The van der Waals surface area contributed by atoms with Crippen LogP contribution in [0.15, 0.2) is 72.4 Å². The van der Waals surface area contributed by atoms with Gasteiger partial charge in [-0.3, -0.25) is 0 Å². The van der Waals surface area contributed by atoms with Crippen LogP contribution in [-0.2, 0) is 0 Å². The van der Waals surface area contributed by atoms with Gasteiger partial charge in [0.15, 0.2) is 0 Å². The summed E-state index contributed by atoms with van der Waals surface area (Å²) < 4.78 is 0. The van der Waals surface area contributed by atoms with Gasteiger partial charge in [0, 0.05) is 0 Å². The molecule has 0 saturated carbocycles. The lowest BCUT2D eigenvalue weighted by atomic mass is 10.1. The summed E-state index contributed by atoms with van der Waals surface area (Å²) in [6.07, 6.45) is 15.1. The van der Waals surface area contributed by atoms with Crippen LogP contribution >= 0.6 is 0 Å². The van der Waals surface area contributed by atoms with E-state index in [1.807, 2.05) is 12.2 Å². The van der Waals surface area contributed by atoms with Crippen LogP contribution in [0.25, 0.3) is 0 Å². The summed E-state index contributed by atoms with van der Waals surface area (Å²) in [6, 6.07) is 0. The fourth-order valence-corrected chi connectivity index (χ4v) is 1.13. The van der Waals surface area contributed by atoms with Crippen molar-refractivity contribution in [1.82, 2.24) is 0 Å². The molecule has 0 radical (unpaired) electrons. The molecule has 0 atom stereocenters. The van der Waals surface area contributed by atoms with Crippen LogP contribution < -0.4 is 0 Å². The molecule has 0 aromatic carbocycles. The van der Waals surface area contributed by atoms with Gasteiger partial charge in [-0.2, -0.15) is 0 Å². The molecule has 0 bridgehead atoms. The Morgan fingerprint density at radius 2 is 1.50 bits per heavy atom. The van der Waals surface area contributed by atoms with Gasteiger partial charge in [0.1, 0.15) is 0 Å². The first-order valence-electron chi connectivity index (χ1n) is 5.61. The van der Waals surface area contributed by atoms with Gasteiger partial charge in [0.25, 0.3) is 0 Å². The van der Waals surface area contributed by atoms with Crippen molar-refractivity contribution in [3.63, 3.8) is 0 Å². The highest BCUT2D eigenvalue weighted by Gasteiger charge is 1.85. The highest BCUT2D eigenvalue weighted by Crippen LogP contribution is 2.05. The predicted octanol–water partition coefficient (Wildman–Crippen LogP) is 5.14. The molecular weight excluding hydrogens is 192 g/mol. The second-order valence-electron chi connectivity index (χ2n) is 3.69. The number of hydrogen-bond acceptors (Lipinski definition) is 0. The molecule has 0 aromatic rings. The summed E-state index contributed by atoms with van der Waals surface area (Å²) in [5.41, 5.74) is 3.68. The standard InChI is InChI=1S/C16H22/c1-6-9-14(4)10-11-15(5)12-13-16(7-2)8-3/h6-7,9-13H,1-2,8H2,3-5H3/b11-10+,14-9+,15-12+,16-13+. The molecule has 0 saturated heterocycles. The number of allylic oxidation sites excluding steroid dienone is 10. The third kappa shape index (κ3) is 6.83. The zero-order chi connectivity index (χ0) is 12.4. The van der Waals surface area contributed by atoms with Crippen molar-refractivity contribution in [2.24, 2.45) is 0 Å². The van der Waals surface area contributed by atoms with Crippen molar-refractivity contribution in [3.05, 3.63) is 72.4 Å². The molecule has 0 aliphatic rings. The minimum Gasteiger partial charge on any atom is -0.0991 e. The van der Waals surface area contributed by atoms with Gasteiger partial charge in [0.2, 0.25) is 0 Å². The summed E-state index contributed by atoms with van der Waals surface area (Å²) >= 11 is 0. The number of hydrogen-bond donors (Lipinski definition) is 0. The molecule has 86 valence electrons. The van der Waals surface area contributed by atoms with E-state index in [9.17, 15) is 0 Å². The summed E-state index contributed by atoms with van der Waals surface area (Å²) in [6.45, 7) is 13.7. The summed E-state index contributed by atoms with van der Waals surface area (Å²) in [7, 11) is 0. The molecule has 0 spiro atoms. The Bertz CT molecular complexity index is 346. The van der Waals surface area contributed by atoms with Crippen LogP contribution in [0.3, 0.4) is 0 Å². The lowest BCUT2D eigenvalue weighted by Gasteiger charge is -1.94. The van der Waals surface area contributed by atoms with Crippen molar-refractivity contribution in [2.75, 3.05) is 0 Å². The smallest absolute Gasteiger partial charge is 0.0308 e. The first kappa shape index (κ1) is 14.4. The molecule has 0 heterocycles. The van der Waals surface area contributed by atoms with Crippen LogP contribution in [-0.4, -0.2) is 0 Å². The Labute approximate surface area is 100 Å². The third-order valence-corrected chi connectivity index (χ3v) is 2.22.